The number of rotatable bonds is 5. The molecule has 1 aromatic heterocycles. The number of ether oxygens (including phenoxy) is 1. The molecule has 2 amide bonds. The van der Waals surface area contributed by atoms with Crippen LogP contribution in [0.2, 0.25) is 0 Å². The molecule has 1 atom stereocenters. The zero-order valence-electron chi connectivity index (χ0n) is 16.9. The Bertz CT molecular complexity index is 1010. The predicted molar refractivity (Wildman–Crippen MR) is 111 cm³/mol. The molecular formula is C23H24N4O3. The van der Waals surface area contributed by atoms with E-state index in [2.05, 4.69) is 16.4 Å². The molecule has 0 radical (unpaired) electrons. The normalized spacial score (nSPS) is 18.4. The Labute approximate surface area is 175 Å². The number of aromatic nitrogens is 1. The molecule has 1 aliphatic carbocycles. The summed E-state index contributed by atoms with van der Waals surface area (Å²) in [7, 11) is 0. The first-order chi connectivity index (χ1) is 14.5. The fraction of sp³-hybridized carbons (Fsp3) is 0.391. The van der Waals surface area contributed by atoms with Gasteiger partial charge in [0, 0.05) is 30.9 Å². The number of nitrogens with one attached hydrogen (secondary N) is 1. The van der Waals surface area contributed by atoms with E-state index in [4.69, 9.17) is 10.00 Å². The standard InChI is InChI=1S/C23H24N4O3/c1-15-12-19(30-22-17(13-24)4-2-10-25-22)8-9-20(15)26-21(28)18-5-3-11-27(14-18)23(29)16-6-7-16/h2,4,8-10,12,16,18H,3,5-7,11,14H2,1H3,(H,26,28). The summed E-state index contributed by atoms with van der Waals surface area (Å²) in [5.74, 6) is 0.928. The van der Waals surface area contributed by atoms with Crippen molar-refractivity contribution in [1.82, 2.24) is 9.88 Å². The third kappa shape index (κ3) is 4.43. The SMILES string of the molecule is Cc1cc(Oc2ncccc2C#N)ccc1NC(=O)C1CCCN(C(=O)C2CC2)C1. The van der Waals surface area contributed by atoms with Crippen molar-refractivity contribution in [2.45, 2.75) is 32.6 Å². The maximum Gasteiger partial charge on any atom is 0.237 e. The predicted octanol–water partition coefficient (Wildman–Crippen LogP) is 3.64. The van der Waals surface area contributed by atoms with E-state index in [-0.39, 0.29) is 29.5 Å². The number of amides is 2. The zero-order valence-corrected chi connectivity index (χ0v) is 16.9. The average Bonchev–Trinajstić information content (AvgIpc) is 3.61. The van der Waals surface area contributed by atoms with Crippen molar-refractivity contribution in [3.8, 4) is 17.7 Å². The van der Waals surface area contributed by atoms with Crippen molar-refractivity contribution in [3.05, 3.63) is 47.7 Å². The molecule has 0 bridgehead atoms. The highest BCUT2D eigenvalue weighted by molar-refractivity contribution is 5.94. The summed E-state index contributed by atoms with van der Waals surface area (Å²) in [5, 5.41) is 12.2. The van der Waals surface area contributed by atoms with Gasteiger partial charge in [0.2, 0.25) is 17.7 Å². The molecule has 154 valence electrons. The number of hydrogen-bond acceptors (Lipinski definition) is 5. The first kappa shape index (κ1) is 19.9. The van der Waals surface area contributed by atoms with E-state index in [9.17, 15) is 9.59 Å². The number of aryl methyl sites for hydroxylation is 1. The number of nitrogens with zero attached hydrogens (tertiary/aromatic N) is 3. The Morgan fingerprint density at radius 3 is 2.80 bits per heavy atom. The number of carbonyl (C=O) groups is 2. The van der Waals surface area contributed by atoms with E-state index in [0.29, 0.717) is 23.5 Å². The largest absolute Gasteiger partial charge is 0.438 e. The quantitative estimate of drug-likeness (QED) is 0.821. The molecule has 0 spiro atoms. The van der Waals surface area contributed by atoms with Crippen molar-refractivity contribution in [2.75, 3.05) is 18.4 Å². The second-order valence-corrected chi connectivity index (χ2v) is 7.93. The van der Waals surface area contributed by atoms with E-state index in [1.54, 1.807) is 36.5 Å². The number of carbonyl (C=O) groups excluding carboxylic acids is 2. The van der Waals surface area contributed by atoms with E-state index >= 15 is 0 Å². The first-order valence-electron chi connectivity index (χ1n) is 10.3. The van der Waals surface area contributed by atoms with Gasteiger partial charge in [-0.05, 0) is 68.5 Å². The summed E-state index contributed by atoms with van der Waals surface area (Å²) >= 11 is 0. The smallest absolute Gasteiger partial charge is 0.237 e. The van der Waals surface area contributed by atoms with Gasteiger partial charge in [-0.2, -0.15) is 5.26 Å². The Morgan fingerprint density at radius 1 is 1.23 bits per heavy atom. The van der Waals surface area contributed by atoms with E-state index in [1.165, 1.54) is 0 Å². The maximum absolute atomic E-state index is 12.8. The molecular weight excluding hydrogens is 380 g/mol. The minimum atomic E-state index is -0.191. The molecule has 4 rings (SSSR count). The second kappa shape index (κ2) is 8.54. The molecule has 2 aliphatic rings. The Morgan fingerprint density at radius 2 is 2.07 bits per heavy atom. The van der Waals surface area contributed by atoms with Crippen molar-refractivity contribution in [3.63, 3.8) is 0 Å². The number of benzene rings is 1. The van der Waals surface area contributed by atoms with Gasteiger partial charge in [0.15, 0.2) is 0 Å². The summed E-state index contributed by atoms with van der Waals surface area (Å²) in [6, 6.07) is 10.7. The third-order valence-corrected chi connectivity index (χ3v) is 5.59. The van der Waals surface area contributed by atoms with Crippen molar-refractivity contribution in [2.24, 2.45) is 11.8 Å². The summed E-state index contributed by atoms with van der Waals surface area (Å²) in [4.78, 5) is 31.1. The molecule has 30 heavy (non-hydrogen) atoms. The summed E-state index contributed by atoms with van der Waals surface area (Å²) in [6.07, 6.45) is 5.17. The lowest BCUT2D eigenvalue weighted by Crippen LogP contribution is -2.44. The monoisotopic (exact) mass is 404 g/mol. The lowest BCUT2D eigenvalue weighted by atomic mass is 9.96. The van der Waals surface area contributed by atoms with Crippen LogP contribution in [0.3, 0.4) is 0 Å². The molecule has 7 heteroatoms. The minimum Gasteiger partial charge on any atom is -0.438 e. The first-order valence-corrected chi connectivity index (χ1v) is 10.3. The van der Waals surface area contributed by atoms with Crippen LogP contribution in [0.4, 0.5) is 5.69 Å². The molecule has 2 aromatic rings. The number of hydrogen-bond donors (Lipinski definition) is 1. The van der Waals surface area contributed by atoms with Gasteiger partial charge >= 0.3 is 0 Å². The molecule has 1 saturated heterocycles. The van der Waals surface area contributed by atoms with E-state index < -0.39 is 0 Å². The van der Waals surface area contributed by atoms with Crippen molar-refractivity contribution >= 4 is 17.5 Å². The number of likely N-dealkylation sites (tertiary alicyclic amines) is 1. The highest BCUT2D eigenvalue weighted by Crippen LogP contribution is 2.33. The van der Waals surface area contributed by atoms with Gasteiger partial charge < -0.3 is 15.0 Å². The van der Waals surface area contributed by atoms with Crippen LogP contribution >= 0.6 is 0 Å². The highest BCUT2D eigenvalue weighted by atomic mass is 16.5. The van der Waals surface area contributed by atoms with Crippen LogP contribution in [0.5, 0.6) is 11.6 Å². The van der Waals surface area contributed by atoms with Gasteiger partial charge in [-0.25, -0.2) is 4.98 Å². The van der Waals surface area contributed by atoms with Gasteiger partial charge in [-0.3, -0.25) is 9.59 Å². The van der Waals surface area contributed by atoms with Crippen LogP contribution < -0.4 is 10.1 Å². The van der Waals surface area contributed by atoms with Crippen molar-refractivity contribution < 1.29 is 14.3 Å². The summed E-state index contributed by atoms with van der Waals surface area (Å²) in [6.45, 7) is 3.14. The van der Waals surface area contributed by atoms with Crippen LogP contribution in [0.25, 0.3) is 0 Å². The van der Waals surface area contributed by atoms with Crippen molar-refractivity contribution in [1.29, 1.82) is 5.26 Å². The molecule has 1 saturated carbocycles. The summed E-state index contributed by atoms with van der Waals surface area (Å²) < 4.78 is 5.74. The lowest BCUT2D eigenvalue weighted by molar-refractivity contribution is -0.135. The molecule has 1 aliphatic heterocycles. The zero-order chi connectivity index (χ0) is 21.1. The maximum atomic E-state index is 12.8. The van der Waals surface area contributed by atoms with Gasteiger partial charge in [0.1, 0.15) is 17.4 Å². The molecule has 1 N–H and O–H groups in total. The lowest BCUT2D eigenvalue weighted by Gasteiger charge is -2.32. The Hall–Kier alpha value is -3.40. The number of pyridine rings is 1. The molecule has 2 fully saturated rings. The molecule has 7 nitrogen and oxygen atoms in total. The highest BCUT2D eigenvalue weighted by Gasteiger charge is 2.36. The average molecular weight is 404 g/mol. The number of nitriles is 1. The third-order valence-electron chi connectivity index (χ3n) is 5.59. The minimum absolute atomic E-state index is 0.0587. The van der Waals surface area contributed by atoms with Crippen LogP contribution in [-0.4, -0.2) is 34.8 Å². The topological polar surface area (TPSA) is 95.3 Å². The molecule has 1 unspecified atom stereocenters. The summed E-state index contributed by atoms with van der Waals surface area (Å²) in [5.41, 5.74) is 1.91. The van der Waals surface area contributed by atoms with Crippen LogP contribution in [-0.2, 0) is 9.59 Å². The van der Waals surface area contributed by atoms with E-state index in [0.717, 1.165) is 37.8 Å². The number of anilines is 1. The fourth-order valence-electron chi connectivity index (χ4n) is 3.72. The second-order valence-electron chi connectivity index (χ2n) is 7.93. The van der Waals surface area contributed by atoms with Gasteiger partial charge in [-0.15, -0.1) is 0 Å². The van der Waals surface area contributed by atoms with Gasteiger partial charge in [0.25, 0.3) is 0 Å². The van der Waals surface area contributed by atoms with Gasteiger partial charge in [0.05, 0.1) is 5.92 Å². The molecule has 2 heterocycles. The Kier molecular flexibility index (Phi) is 5.66. The van der Waals surface area contributed by atoms with Gasteiger partial charge in [-0.1, -0.05) is 0 Å². The fourth-order valence-corrected chi connectivity index (χ4v) is 3.72. The number of piperidine rings is 1. The van der Waals surface area contributed by atoms with Crippen LogP contribution in [0, 0.1) is 30.1 Å². The molecule has 1 aromatic carbocycles. The Balaban J connectivity index is 1.40. The van der Waals surface area contributed by atoms with Crippen LogP contribution in [0.15, 0.2) is 36.5 Å². The van der Waals surface area contributed by atoms with E-state index in [1.807, 2.05) is 11.8 Å². The van der Waals surface area contributed by atoms with Crippen LogP contribution in [0.1, 0.15) is 36.8 Å².